The Kier molecular flexibility index (Phi) is 6.43. The Labute approximate surface area is 123 Å². The standard InChI is InChI=1S/C15H31N3O2/c1-13(14(19)20-15(2,3)4)18-11-9-17(10-12-18)8-7-16(5)6/h13H,7-12H2,1-6H3. The summed E-state index contributed by atoms with van der Waals surface area (Å²) in [5.41, 5.74) is -0.404. The molecule has 0 saturated carbocycles. The summed E-state index contributed by atoms with van der Waals surface area (Å²) in [6.45, 7) is 13.8. The van der Waals surface area contributed by atoms with Crippen molar-refractivity contribution >= 4 is 5.97 Å². The SMILES string of the molecule is CC(C(=O)OC(C)(C)C)N1CCN(CCN(C)C)CC1. The van der Waals surface area contributed by atoms with Gasteiger partial charge >= 0.3 is 5.97 Å². The summed E-state index contributed by atoms with van der Waals surface area (Å²) in [5, 5.41) is 0. The molecular weight excluding hydrogens is 254 g/mol. The van der Waals surface area contributed by atoms with Crippen molar-refractivity contribution in [2.75, 3.05) is 53.4 Å². The smallest absolute Gasteiger partial charge is 0.323 e. The van der Waals surface area contributed by atoms with Crippen molar-refractivity contribution < 1.29 is 9.53 Å². The van der Waals surface area contributed by atoms with Gasteiger partial charge in [0.25, 0.3) is 0 Å². The Balaban J connectivity index is 2.35. The highest BCUT2D eigenvalue weighted by atomic mass is 16.6. The van der Waals surface area contributed by atoms with Gasteiger partial charge in [-0.25, -0.2) is 0 Å². The first-order valence-electron chi connectivity index (χ1n) is 7.53. The van der Waals surface area contributed by atoms with Crippen molar-refractivity contribution in [1.29, 1.82) is 0 Å². The Bertz CT molecular complexity index is 305. The quantitative estimate of drug-likeness (QED) is 0.701. The lowest BCUT2D eigenvalue weighted by molar-refractivity contribution is -0.161. The largest absolute Gasteiger partial charge is 0.459 e. The van der Waals surface area contributed by atoms with E-state index in [0.717, 1.165) is 39.3 Å². The molecule has 1 atom stereocenters. The van der Waals surface area contributed by atoms with Gasteiger partial charge in [-0.15, -0.1) is 0 Å². The summed E-state index contributed by atoms with van der Waals surface area (Å²) in [7, 11) is 4.20. The van der Waals surface area contributed by atoms with Crippen molar-refractivity contribution in [2.45, 2.75) is 39.3 Å². The topological polar surface area (TPSA) is 36.0 Å². The van der Waals surface area contributed by atoms with Crippen LogP contribution in [0.2, 0.25) is 0 Å². The Morgan fingerprint density at radius 3 is 2.20 bits per heavy atom. The van der Waals surface area contributed by atoms with Crippen molar-refractivity contribution in [3.63, 3.8) is 0 Å². The van der Waals surface area contributed by atoms with Crippen LogP contribution in [-0.2, 0) is 9.53 Å². The van der Waals surface area contributed by atoms with Crippen LogP contribution in [0.15, 0.2) is 0 Å². The zero-order chi connectivity index (χ0) is 15.3. The molecule has 1 saturated heterocycles. The van der Waals surface area contributed by atoms with Crippen molar-refractivity contribution in [3.8, 4) is 0 Å². The lowest BCUT2D eigenvalue weighted by Crippen LogP contribution is -2.53. The first kappa shape index (κ1) is 17.4. The maximum absolute atomic E-state index is 12.1. The number of hydrogen-bond donors (Lipinski definition) is 0. The molecule has 5 nitrogen and oxygen atoms in total. The van der Waals surface area contributed by atoms with Crippen molar-refractivity contribution in [3.05, 3.63) is 0 Å². The van der Waals surface area contributed by atoms with Crippen LogP contribution in [-0.4, -0.2) is 85.7 Å². The zero-order valence-electron chi connectivity index (χ0n) is 14.0. The van der Waals surface area contributed by atoms with Gasteiger partial charge in [-0.2, -0.15) is 0 Å². The second-order valence-electron chi connectivity index (χ2n) is 6.89. The van der Waals surface area contributed by atoms with Crippen molar-refractivity contribution in [2.24, 2.45) is 0 Å². The molecule has 118 valence electrons. The van der Waals surface area contributed by atoms with Gasteiger partial charge in [0.1, 0.15) is 11.6 Å². The molecule has 1 fully saturated rings. The highest BCUT2D eigenvalue weighted by molar-refractivity contribution is 5.75. The average molecular weight is 285 g/mol. The van der Waals surface area contributed by atoms with Gasteiger partial charge in [0.2, 0.25) is 0 Å². The molecule has 0 bridgehead atoms. The lowest BCUT2D eigenvalue weighted by atomic mass is 10.1. The van der Waals surface area contributed by atoms with E-state index in [0.29, 0.717) is 0 Å². The van der Waals surface area contributed by atoms with E-state index in [1.807, 2.05) is 27.7 Å². The van der Waals surface area contributed by atoms with Crippen LogP contribution >= 0.6 is 0 Å². The number of piperazine rings is 1. The number of nitrogens with zero attached hydrogens (tertiary/aromatic N) is 3. The summed E-state index contributed by atoms with van der Waals surface area (Å²) in [6.07, 6.45) is 0. The predicted molar refractivity (Wildman–Crippen MR) is 81.9 cm³/mol. The van der Waals surface area contributed by atoms with Gasteiger partial charge in [0.05, 0.1) is 0 Å². The summed E-state index contributed by atoms with van der Waals surface area (Å²) in [4.78, 5) is 19.0. The fraction of sp³-hybridized carbons (Fsp3) is 0.933. The van der Waals surface area contributed by atoms with Crippen LogP contribution in [0.1, 0.15) is 27.7 Å². The van der Waals surface area contributed by atoms with E-state index in [-0.39, 0.29) is 12.0 Å². The lowest BCUT2D eigenvalue weighted by Gasteiger charge is -2.38. The van der Waals surface area contributed by atoms with Gasteiger partial charge in [-0.3, -0.25) is 14.6 Å². The molecule has 0 N–H and O–H groups in total. The molecule has 0 radical (unpaired) electrons. The van der Waals surface area contributed by atoms with E-state index in [1.54, 1.807) is 0 Å². The van der Waals surface area contributed by atoms with E-state index >= 15 is 0 Å². The minimum Gasteiger partial charge on any atom is -0.459 e. The van der Waals surface area contributed by atoms with Gasteiger partial charge in [0, 0.05) is 39.3 Å². The number of rotatable bonds is 5. The molecule has 0 aromatic carbocycles. The van der Waals surface area contributed by atoms with E-state index in [1.165, 1.54) is 0 Å². The first-order chi connectivity index (χ1) is 9.19. The van der Waals surface area contributed by atoms with E-state index in [4.69, 9.17) is 4.74 Å². The molecular formula is C15H31N3O2. The summed E-state index contributed by atoms with van der Waals surface area (Å²) in [6, 6.07) is -0.148. The fourth-order valence-electron chi connectivity index (χ4n) is 2.25. The maximum Gasteiger partial charge on any atom is 0.323 e. The van der Waals surface area contributed by atoms with Crippen LogP contribution in [0.5, 0.6) is 0 Å². The highest BCUT2D eigenvalue weighted by Gasteiger charge is 2.28. The molecule has 0 aliphatic carbocycles. The first-order valence-corrected chi connectivity index (χ1v) is 7.53. The van der Waals surface area contributed by atoms with Gasteiger partial charge in [0.15, 0.2) is 0 Å². The fourth-order valence-corrected chi connectivity index (χ4v) is 2.25. The maximum atomic E-state index is 12.1. The summed E-state index contributed by atoms with van der Waals surface area (Å²) in [5.74, 6) is -0.112. The molecule has 0 aromatic rings. The molecule has 20 heavy (non-hydrogen) atoms. The second kappa shape index (κ2) is 7.38. The molecule has 1 rings (SSSR count). The number of carbonyl (C=O) groups is 1. The molecule has 0 amide bonds. The van der Waals surface area contributed by atoms with E-state index in [2.05, 4.69) is 28.8 Å². The van der Waals surface area contributed by atoms with E-state index in [9.17, 15) is 4.79 Å². The third-order valence-electron chi connectivity index (χ3n) is 3.57. The zero-order valence-corrected chi connectivity index (χ0v) is 14.0. The van der Waals surface area contributed by atoms with Crippen LogP contribution in [0, 0.1) is 0 Å². The number of esters is 1. The normalized spacial score (nSPS) is 20.1. The van der Waals surface area contributed by atoms with Crippen molar-refractivity contribution in [1.82, 2.24) is 14.7 Å². The highest BCUT2D eigenvalue weighted by Crippen LogP contribution is 2.13. The monoisotopic (exact) mass is 285 g/mol. The Hall–Kier alpha value is -0.650. The molecule has 1 aliphatic rings. The molecule has 1 unspecified atom stereocenters. The van der Waals surface area contributed by atoms with Gasteiger partial charge in [-0.1, -0.05) is 0 Å². The Morgan fingerprint density at radius 2 is 1.75 bits per heavy atom. The third kappa shape index (κ3) is 6.20. The molecule has 0 spiro atoms. The number of ether oxygens (including phenoxy) is 1. The van der Waals surface area contributed by atoms with Crippen LogP contribution in [0.4, 0.5) is 0 Å². The summed E-state index contributed by atoms with van der Waals surface area (Å²) < 4.78 is 5.46. The predicted octanol–water partition coefficient (Wildman–Crippen LogP) is 0.896. The molecule has 5 heteroatoms. The molecule has 1 aliphatic heterocycles. The van der Waals surface area contributed by atoms with E-state index < -0.39 is 5.60 Å². The number of carbonyl (C=O) groups excluding carboxylic acids is 1. The van der Waals surface area contributed by atoms with Gasteiger partial charge < -0.3 is 9.64 Å². The van der Waals surface area contributed by atoms with Crippen LogP contribution in [0.25, 0.3) is 0 Å². The number of likely N-dealkylation sites (N-methyl/N-ethyl adjacent to an activating group) is 1. The van der Waals surface area contributed by atoms with Gasteiger partial charge in [-0.05, 0) is 41.8 Å². The third-order valence-corrected chi connectivity index (χ3v) is 3.57. The second-order valence-corrected chi connectivity index (χ2v) is 6.89. The minimum atomic E-state index is -0.404. The summed E-state index contributed by atoms with van der Waals surface area (Å²) >= 11 is 0. The molecule has 1 heterocycles. The van der Waals surface area contributed by atoms with Crippen LogP contribution < -0.4 is 0 Å². The number of hydrogen-bond acceptors (Lipinski definition) is 5. The minimum absolute atomic E-state index is 0.112. The Morgan fingerprint density at radius 1 is 1.20 bits per heavy atom. The molecule has 0 aromatic heterocycles. The average Bonchev–Trinajstić information content (AvgIpc) is 2.34. The van der Waals surface area contributed by atoms with Crippen LogP contribution in [0.3, 0.4) is 0 Å².